The Bertz CT molecular complexity index is 629. The second kappa shape index (κ2) is 7.65. The van der Waals surface area contributed by atoms with Crippen LogP contribution in [0.4, 0.5) is 0 Å². The van der Waals surface area contributed by atoms with Crippen molar-refractivity contribution in [3.8, 4) is 11.8 Å². The van der Waals surface area contributed by atoms with E-state index in [0.717, 1.165) is 0 Å². The highest BCUT2D eigenvalue weighted by Crippen LogP contribution is 2.13. The average Bonchev–Trinajstić information content (AvgIpc) is 2.41. The molecule has 0 spiro atoms. The first-order valence-electron chi connectivity index (χ1n) is 5.90. The Morgan fingerprint density at radius 3 is 2.65 bits per heavy atom. The van der Waals surface area contributed by atoms with E-state index in [1.165, 1.54) is 13.0 Å². The van der Waals surface area contributed by atoms with E-state index in [-0.39, 0.29) is 30.5 Å². The number of benzene rings is 1. The normalized spacial score (nSPS) is 10.5. The minimum Gasteiger partial charge on any atom is -0.384 e. The Balaban J connectivity index is 2.84. The number of carbonyl (C=O) groups is 1. The van der Waals surface area contributed by atoms with Crippen LogP contribution in [0.3, 0.4) is 0 Å². The molecule has 108 valence electrons. The third-order valence-electron chi connectivity index (χ3n) is 2.27. The molecule has 0 radical (unpaired) electrons. The van der Waals surface area contributed by atoms with Crippen molar-refractivity contribution in [2.75, 3.05) is 19.7 Å². The molecule has 0 atom stereocenters. The van der Waals surface area contributed by atoms with E-state index in [2.05, 4.69) is 21.9 Å². The van der Waals surface area contributed by atoms with Crippen LogP contribution in [0.5, 0.6) is 0 Å². The maximum atomic E-state index is 12.1. The van der Waals surface area contributed by atoms with Crippen LogP contribution in [-0.4, -0.2) is 39.1 Å². The van der Waals surface area contributed by atoms with Gasteiger partial charge in [-0.15, -0.1) is 0 Å². The van der Waals surface area contributed by atoms with Crippen LogP contribution >= 0.6 is 0 Å². The molecule has 20 heavy (non-hydrogen) atoms. The van der Waals surface area contributed by atoms with Crippen LogP contribution in [0.15, 0.2) is 29.2 Å². The summed E-state index contributed by atoms with van der Waals surface area (Å²) in [6, 6.07) is 6.25. The fourth-order valence-corrected chi connectivity index (χ4v) is 2.63. The predicted octanol–water partition coefficient (Wildman–Crippen LogP) is -0.555. The molecule has 1 rings (SSSR count). The van der Waals surface area contributed by atoms with Crippen molar-refractivity contribution < 1.29 is 18.3 Å². The molecule has 0 saturated heterocycles. The third-order valence-corrected chi connectivity index (χ3v) is 3.79. The fourth-order valence-electron chi connectivity index (χ4n) is 1.44. The molecule has 0 bridgehead atoms. The minimum absolute atomic E-state index is 0.0452. The first-order valence-corrected chi connectivity index (χ1v) is 7.38. The summed E-state index contributed by atoms with van der Waals surface area (Å²) in [4.78, 5) is 10.7. The zero-order chi connectivity index (χ0) is 15.0. The van der Waals surface area contributed by atoms with E-state index in [1.807, 2.05) is 0 Å². The van der Waals surface area contributed by atoms with Crippen molar-refractivity contribution in [1.82, 2.24) is 10.0 Å². The number of sulfonamides is 1. The van der Waals surface area contributed by atoms with Gasteiger partial charge in [-0.1, -0.05) is 24.0 Å². The van der Waals surface area contributed by atoms with E-state index in [4.69, 9.17) is 5.11 Å². The molecule has 1 amide bonds. The number of hydrogen-bond acceptors (Lipinski definition) is 4. The molecule has 0 heterocycles. The van der Waals surface area contributed by atoms with Crippen LogP contribution < -0.4 is 10.0 Å². The van der Waals surface area contributed by atoms with E-state index in [0.29, 0.717) is 5.56 Å². The molecule has 3 N–H and O–H groups in total. The highest BCUT2D eigenvalue weighted by Gasteiger charge is 2.16. The molecule has 1 aromatic rings. The van der Waals surface area contributed by atoms with Gasteiger partial charge in [0.2, 0.25) is 15.9 Å². The van der Waals surface area contributed by atoms with Crippen molar-refractivity contribution in [1.29, 1.82) is 0 Å². The summed E-state index contributed by atoms with van der Waals surface area (Å²) >= 11 is 0. The van der Waals surface area contributed by atoms with Gasteiger partial charge in [-0.2, -0.15) is 0 Å². The van der Waals surface area contributed by atoms with Gasteiger partial charge in [-0.25, -0.2) is 13.1 Å². The van der Waals surface area contributed by atoms with Gasteiger partial charge < -0.3 is 10.4 Å². The Kier molecular flexibility index (Phi) is 6.18. The second-order valence-electron chi connectivity index (χ2n) is 3.84. The summed E-state index contributed by atoms with van der Waals surface area (Å²) < 4.78 is 26.6. The van der Waals surface area contributed by atoms with Crippen LogP contribution in [-0.2, 0) is 14.8 Å². The van der Waals surface area contributed by atoms with Crippen LogP contribution in [0.2, 0.25) is 0 Å². The average molecular weight is 296 g/mol. The first kappa shape index (κ1) is 16.2. The Hall–Kier alpha value is -1.88. The molecule has 0 fully saturated rings. The van der Waals surface area contributed by atoms with Crippen molar-refractivity contribution >= 4 is 15.9 Å². The fraction of sp³-hybridized carbons (Fsp3) is 0.308. The van der Waals surface area contributed by atoms with E-state index < -0.39 is 10.0 Å². The summed E-state index contributed by atoms with van der Waals surface area (Å²) in [5.74, 6) is 4.78. The smallest absolute Gasteiger partial charge is 0.241 e. The van der Waals surface area contributed by atoms with Crippen molar-refractivity contribution in [3.63, 3.8) is 0 Å². The number of nitrogens with one attached hydrogen (secondary N) is 2. The summed E-state index contributed by atoms with van der Waals surface area (Å²) in [5.41, 5.74) is 0.313. The van der Waals surface area contributed by atoms with Crippen LogP contribution in [0.25, 0.3) is 0 Å². The maximum Gasteiger partial charge on any atom is 0.241 e. The molecule has 6 nitrogen and oxygen atoms in total. The first-order chi connectivity index (χ1) is 9.47. The number of rotatable bonds is 5. The molecular weight excluding hydrogens is 280 g/mol. The lowest BCUT2D eigenvalue weighted by molar-refractivity contribution is -0.118. The van der Waals surface area contributed by atoms with E-state index in [1.54, 1.807) is 18.2 Å². The standard InChI is InChI=1S/C13H16N2O4S/c1-11(17)14-8-9-15-20(18,19)13-7-3-2-5-12(13)6-4-10-16/h2-3,5,7,15-16H,8-10H2,1H3,(H,14,17). The Labute approximate surface area is 118 Å². The summed E-state index contributed by atoms with van der Waals surface area (Å²) in [6.07, 6.45) is 0. The molecule has 0 aliphatic rings. The van der Waals surface area contributed by atoms with E-state index >= 15 is 0 Å². The second-order valence-corrected chi connectivity index (χ2v) is 5.57. The largest absolute Gasteiger partial charge is 0.384 e. The van der Waals surface area contributed by atoms with Crippen molar-refractivity contribution in [2.45, 2.75) is 11.8 Å². The number of amides is 1. The van der Waals surface area contributed by atoms with Gasteiger partial charge in [0.15, 0.2) is 0 Å². The lowest BCUT2D eigenvalue weighted by atomic mass is 10.2. The summed E-state index contributed by atoms with van der Waals surface area (Å²) in [7, 11) is -3.70. The SMILES string of the molecule is CC(=O)NCCNS(=O)(=O)c1ccccc1C#CCO. The molecule has 7 heteroatoms. The number of aliphatic hydroxyl groups excluding tert-OH is 1. The topological polar surface area (TPSA) is 95.5 Å². The van der Waals surface area contributed by atoms with Crippen molar-refractivity contribution in [2.24, 2.45) is 0 Å². The Morgan fingerprint density at radius 2 is 2.00 bits per heavy atom. The van der Waals surface area contributed by atoms with Gasteiger partial charge in [-0.05, 0) is 12.1 Å². The van der Waals surface area contributed by atoms with Gasteiger partial charge in [0.05, 0.1) is 4.90 Å². The zero-order valence-electron chi connectivity index (χ0n) is 11.0. The lowest BCUT2D eigenvalue weighted by Crippen LogP contribution is -2.33. The van der Waals surface area contributed by atoms with Gasteiger partial charge in [-0.3, -0.25) is 4.79 Å². The monoisotopic (exact) mass is 296 g/mol. The quantitative estimate of drug-likeness (QED) is 0.501. The maximum absolute atomic E-state index is 12.1. The van der Waals surface area contributed by atoms with E-state index in [9.17, 15) is 13.2 Å². The molecule has 0 aromatic heterocycles. The molecular formula is C13H16N2O4S. The zero-order valence-corrected chi connectivity index (χ0v) is 11.8. The lowest BCUT2D eigenvalue weighted by Gasteiger charge is -2.08. The van der Waals surface area contributed by atoms with Crippen LogP contribution in [0, 0.1) is 11.8 Å². The number of carbonyl (C=O) groups excluding carboxylic acids is 1. The number of aliphatic hydroxyl groups is 1. The van der Waals surface area contributed by atoms with Crippen molar-refractivity contribution in [3.05, 3.63) is 29.8 Å². The molecule has 0 saturated carbocycles. The van der Waals surface area contributed by atoms with Gasteiger partial charge in [0, 0.05) is 25.6 Å². The highest BCUT2D eigenvalue weighted by molar-refractivity contribution is 7.89. The third kappa shape index (κ3) is 5.01. The number of hydrogen-bond donors (Lipinski definition) is 3. The molecule has 0 unspecified atom stereocenters. The molecule has 0 aliphatic heterocycles. The minimum atomic E-state index is -3.70. The predicted molar refractivity (Wildman–Crippen MR) is 74.3 cm³/mol. The van der Waals surface area contributed by atoms with Gasteiger partial charge >= 0.3 is 0 Å². The summed E-state index contributed by atoms with van der Waals surface area (Å²) in [6.45, 7) is 1.31. The highest BCUT2D eigenvalue weighted by atomic mass is 32.2. The van der Waals surface area contributed by atoms with Crippen LogP contribution in [0.1, 0.15) is 12.5 Å². The Morgan fingerprint density at radius 1 is 1.30 bits per heavy atom. The molecule has 0 aliphatic carbocycles. The van der Waals surface area contributed by atoms with Gasteiger partial charge in [0.25, 0.3) is 0 Å². The summed E-state index contributed by atoms with van der Waals surface area (Å²) in [5, 5.41) is 11.2. The van der Waals surface area contributed by atoms with Gasteiger partial charge in [0.1, 0.15) is 6.61 Å². The molecule has 1 aromatic carbocycles.